The van der Waals surface area contributed by atoms with E-state index in [-0.39, 0.29) is 16.1 Å². The van der Waals surface area contributed by atoms with Gasteiger partial charge in [0.25, 0.3) is 15.9 Å². The lowest BCUT2D eigenvalue weighted by Gasteiger charge is -2.13. The fourth-order valence-corrected chi connectivity index (χ4v) is 3.90. The first-order valence-corrected chi connectivity index (χ1v) is 10.9. The predicted octanol–water partition coefficient (Wildman–Crippen LogP) is 4.78. The highest BCUT2D eigenvalue weighted by atomic mass is 32.2. The first kappa shape index (κ1) is 23.9. The van der Waals surface area contributed by atoms with Crippen LogP contribution in [-0.2, 0) is 16.2 Å². The van der Waals surface area contributed by atoms with Gasteiger partial charge in [0.2, 0.25) is 0 Å². The number of ether oxygens (including phenoxy) is 2. The molecule has 0 aromatic heterocycles. The van der Waals surface area contributed by atoms with Crippen LogP contribution in [0.25, 0.3) is 0 Å². The summed E-state index contributed by atoms with van der Waals surface area (Å²) in [5.74, 6) is 0.383. The summed E-state index contributed by atoms with van der Waals surface area (Å²) in [5.41, 5.74) is -0.681. The molecule has 0 atom stereocenters. The van der Waals surface area contributed by atoms with Gasteiger partial charge in [0.15, 0.2) is 0 Å². The van der Waals surface area contributed by atoms with E-state index in [9.17, 15) is 26.4 Å². The van der Waals surface area contributed by atoms with Crippen LogP contribution in [0.1, 0.15) is 15.9 Å². The van der Waals surface area contributed by atoms with Crippen molar-refractivity contribution in [1.29, 1.82) is 0 Å². The van der Waals surface area contributed by atoms with Crippen LogP contribution in [0.3, 0.4) is 0 Å². The van der Waals surface area contributed by atoms with Gasteiger partial charge in [-0.25, -0.2) is 8.42 Å². The lowest BCUT2D eigenvalue weighted by molar-refractivity contribution is -0.137. The Morgan fingerprint density at radius 1 is 0.909 bits per heavy atom. The number of anilines is 2. The maximum atomic E-state index is 12.9. The molecule has 0 aliphatic carbocycles. The zero-order valence-electron chi connectivity index (χ0n) is 17.4. The fraction of sp³-hybridized carbons (Fsp3) is 0.136. The van der Waals surface area contributed by atoms with Crippen LogP contribution < -0.4 is 19.5 Å². The second-order valence-corrected chi connectivity index (χ2v) is 8.41. The van der Waals surface area contributed by atoms with Gasteiger partial charge in [-0.3, -0.25) is 9.52 Å². The zero-order chi connectivity index (χ0) is 24.2. The Balaban J connectivity index is 1.76. The van der Waals surface area contributed by atoms with E-state index in [1.54, 1.807) is 18.2 Å². The Bertz CT molecular complexity index is 1260. The van der Waals surface area contributed by atoms with Gasteiger partial charge < -0.3 is 14.8 Å². The molecule has 0 aliphatic heterocycles. The van der Waals surface area contributed by atoms with Gasteiger partial charge in [-0.1, -0.05) is 6.07 Å². The van der Waals surface area contributed by atoms with Crippen molar-refractivity contribution in [3.05, 3.63) is 77.9 Å². The van der Waals surface area contributed by atoms with Crippen molar-refractivity contribution >= 4 is 27.3 Å². The number of carbonyl (C=O) groups excluding carboxylic acids is 1. The van der Waals surface area contributed by atoms with Crippen molar-refractivity contribution in [1.82, 2.24) is 0 Å². The van der Waals surface area contributed by atoms with Gasteiger partial charge in [0.05, 0.1) is 30.4 Å². The molecular formula is C22H19F3N2O5S. The van der Waals surface area contributed by atoms with Crippen LogP contribution >= 0.6 is 0 Å². The molecule has 0 bridgehead atoms. The average Bonchev–Trinajstić information content (AvgIpc) is 2.78. The maximum absolute atomic E-state index is 12.9. The van der Waals surface area contributed by atoms with Crippen molar-refractivity contribution in [3.8, 4) is 11.5 Å². The first-order chi connectivity index (χ1) is 15.5. The van der Waals surface area contributed by atoms with Crippen molar-refractivity contribution in [2.75, 3.05) is 24.3 Å². The predicted molar refractivity (Wildman–Crippen MR) is 116 cm³/mol. The largest absolute Gasteiger partial charge is 0.497 e. The molecule has 11 heteroatoms. The highest BCUT2D eigenvalue weighted by Gasteiger charge is 2.30. The van der Waals surface area contributed by atoms with Gasteiger partial charge in [0, 0.05) is 17.3 Å². The van der Waals surface area contributed by atoms with E-state index < -0.39 is 27.7 Å². The van der Waals surface area contributed by atoms with E-state index in [4.69, 9.17) is 9.47 Å². The van der Waals surface area contributed by atoms with Crippen LogP contribution in [0.5, 0.6) is 11.5 Å². The number of alkyl halides is 3. The molecule has 0 spiro atoms. The lowest BCUT2D eigenvalue weighted by atomic mass is 10.2. The molecule has 3 aromatic carbocycles. The summed E-state index contributed by atoms with van der Waals surface area (Å²) >= 11 is 0. The molecule has 2 N–H and O–H groups in total. The van der Waals surface area contributed by atoms with Crippen molar-refractivity contribution < 1.29 is 35.9 Å². The average molecular weight is 480 g/mol. The minimum Gasteiger partial charge on any atom is -0.497 e. The molecule has 0 unspecified atom stereocenters. The summed E-state index contributed by atoms with van der Waals surface area (Å²) < 4.78 is 76.1. The van der Waals surface area contributed by atoms with E-state index in [0.717, 1.165) is 12.1 Å². The summed E-state index contributed by atoms with van der Waals surface area (Å²) in [6.45, 7) is 0. The Labute approximate surface area is 188 Å². The van der Waals surface area contributed by atoms with Crippen molar-refractivity contribution in [3.63, 3.8) is 0 Å². The highest BCUT2D eigenvalue weighted by Crippen LogP contribution is 2.32. The first-order valence-electron chi connectivity index (χ1n) is 9.37. The maximum Gasteiger partial charge on any atom is 0.416 e. The number of halogens is 3. The van der Waals surface area contributed by atoms with Gasteiger partial charge in [-0.15, -0.1) is 0 Å². The number of carbonyl (C=O) groups is 1. The summed E-state index contributed by atoms with van der Waals surface area (Å²) in [7, 11) is -1.26. The molecule has 0 aliphatic rings. The molecule has 174 valence electrons. The van der Waals surface area contributed by atoms with Gasteiger partial charge in [-0.05, 0) is 54.6 Å². The van der Waals surface area contributed by atoms with E-state index in [0.29, 0.717) is 23.3 Å². The second kappa shape index (κ2) is 9.41. The molecule has 0 saturated heterocycles. The molecule has 3 aromatic rings. The summed E-state index contributed by atoms with van der Waals surface area (Å²) in [5, 5.41) is 2.66. The normalized spacial score (nSPS) is 11.5. The Morgan fingerprint density at radius 2 is 1.61 bits per heavy atom. The van der Waals surface area contributed by atoms with E-state index in [2.05, 4.69) is 10.0 Å². The number of nitrogens with one attached hydrogen (secondary N) is 2. The molecular weight excluding hydrogens is 461 g/mol. The van der Waals surface area contributed by atoms with Crippen molar-refractivity contribution in [2.24, 2.45) is 0 Å². The number of amides is 1. The third-order valence-corrected chi connectivity index (χ3v) is 5.92. The van der Waals surface area contributed by atoms with Gasteiger partial charge >= 0.3 is 6.18 Å². The van der Waals surface area contributed by atoms with Crippen LogP contribution in [-0.4, -0.2) is 28.5 Å². The number of rotatable bonds is 7. The SMILES string of the molecule is COc1ccc(NC(=O)c2ccc(S(=O)(=O)Nc3cccc(C(F)(F)F)c3)cc2)c(OC)c1. The number of hydrogen-bond acceptors (Lipinski definition) is 5. The van der Waals surface area contributed by atoms with E-state index >= 15 is 0 Å². The molecule has 3 rings (SSSR count). The van der Waals surface area contributed by atoms with Gasteiger partial charge in [0.1, 0.15) is 11.5 Å². The topological polar surface area (TPSA) is 93.7 Å². The summed E-state index contributed by atoms with van der Waals surface area (Å²) in [6.07, 6.45) is -4.61. The molecule has 0 saturated carbocycles. The number of methoxy groups -OCH3 is 2. The zero-order valence-corrected chi connectivity index (χ0v) is 18.3. The van der Waals surface area contributed by atoms with Crippen LogP contribution in [0, 0.1) is 0 Å². The van der Waals surface area contributed by atoms with Crippen LogP contribution in [0.2, 0.25) is 0 Å². The Kier molecular flexibility index (Phi) is 6.82. The molecule has 1 amide bonds. The molecule has 0 heterocycles. The third kappa shape index (κ3) is 5.75. The second-order valence-electron chi connectivity index (χ2n) is 6.73. The lowest BCUT2D eigenvalue weighted by Crippen LogP contribution is -2.15. The minimum atomic E-state index is -4.61. The minimum absolute atomic E-state index is 0.158. The van der Waals surface area contributed by atoms with E-state index in [1.165, 1.54) is 44.6 Å². The monoisotopic (exact) mass is 480 g/mol. The number of benzene rings is 3. The fourth-order valence-electron chi connectivity index (χ4n) is 2.85. The van der Waals surface area contributed by atoms with Crippen LogP contribution in [0.15, 0.2) is 71.6 Å². The Hall–Kier alpha value is -3.73. The summed E-state index contributed by atoms with van der Waals surface area (Å²) in [4.78, 5) is 12.3. The molecule has 0 fully saturated rings. The third-order valence-electron chi connectivity index (χ3n) is 4.53. The summed E-state index contributed by atoms with van der Waals surface area (Å²) in [6, 6.07) is 13.6. The highest BCUT2D eigenvalue weighted by molar-refractivity contribution is 7.92. The Morgan fingerprint density at radius 3 is 2.21 bits per heavy atom. The van der Waals surface area contributed by atoms with Crippen molar-refractivity contribution in [2.45, 2.75) is 11.1 Å². The molecule has 33 heavy (non-hydrogen) atoms. The molecule has 7 nitrogen and oxygen atoms in total. The van der Waals surface area contributed by atoms with E-state index in [1.807, 2.05) is 0 Å². The number of sulfonamides is 1. The smallest absolute Gasteiger partial charge is 0.416 e. The van der Waals surface area contributed by atoms with Crippen LogP contribution in [0.4, 0.5) is 24.5 Å². The molecule has 0 radical (unpaired) electrons. The number of hydrogen-bond donors (Lipinski definition) is 2. The van der Waals surface area contributed by atoms with Gasteiger partial charge in [-0.2, -0.15) is 13.2 Å². The standard InChI is InChI=1S/C22H19F3N2O5S/c1-31-17-8-11-19(20(13-17)32-2)26-21(28)14-6-9-18(10-7-14)33(29,30)27-16-5-3-4-15(12-16)22(23,24)25/h3-13,27H,1-2H3,(H,26,28). The quantitative estimate of drug-likeness (QED) is 0.508.